The van der Waals surface area contributed by atoms with Crippen molar-refractivity contribution >= 4 is 0 Å². The van der Waals surface area contributed by atoms with E-state index in [0.29, 0.717) is 13.2 Å². The smallest absolute Gasteiger partial charge is 0.119 e. The third kappa shape index (κ3) is 8.14. The molecule has 4 nitrogen and oxygen atoms in total. The summed E-state index contributed by atoms with van der Waals surface area (Å²) < 4.78 is 5.73. The maximum absolute atomic E-state index is 10.2. The zero-order valence-corrected chi connectivity index (χ0v) is 17.4. The number of likely N-dealkylation sites (N-methyl/N-ethyl adjacent to an activating group) is 1. The van der Waals surface area contributed by atoms with Gasteiger partial charge in [0.15, 0.2) is 0 Å². The molecule has 1 heterocycles. The summed E-state index contributed by atoms with van der Waals surface area (Å²) in [5.41, 5.74) is 1.44. The third-order valence-corrected chi connectivity index (χ3v) is 4.54. The van der Waals surface area contributed by atoms with E-state index in [-0.39, 0.29) is 30.2 Å². The van der Waals surface area contributed by atoms with E-state index in [2.05, 4.69) is 49.6 Å². The zero-order valence-electron chi connectivity index (χ0n) is 15.8. The van der Waals surface area contributed by atoms with Gasteiger partial charge >= 0.3 is 0 Å². The van der Waals surface area contributed by atoms with Crippen LogP contribution in [0.15, 0.2) is 24.3 Å². The number of rotatable bonds is 6. The monoisotopic (exact) mass is 390 g/mol. The first-order chi connectivity index (χ1) is 10.9. The number of piperazine rings is 1. The molecule has 2 rings (SSSR count). The van der Waals surface area contributed by atoms with Crippen molar-refractivity contribution in [1.29, 1.82) is 0 Å². The van der Waals surface area contributed by atoms with E-state index in [0.717, 1.165) is 38.5 Å². The number of nitrogens with zero attached hydrogens (tertiary/aromatic N) is 2. The largest absolute Gasteiger partial charge is 1.00 e. The number of hydrogen-bond acceptors (Lipinski definition) is 4. The maximum atomic E-state index is 10.2. The van der Waals surface area contributed by atoms with Crippen molar-refractivity contribution in [1.82, 2.24) is 9.80 Å². The lowest BCUT2D eigenvalue weighted by Crippen LogP contribution is -3.00. The molecule has 0 saturated carbocycles. The number of β-amino-alcohol motifs (C(OH)–C–C–N with tert-alkyl or cyclic N) is 1. The fourth-order valence-electron chi connectivity index (χ4n) is 2.88. The SMILES string of the molecule is CCN1CCN(CC(O)COc2ccc(C(C)(C)C)cc2)CC1.[Cl-].[Cl-]. The lowest BCUT2D eigenvalue weighted by atomic mass is 9.87. The van der Waals surface area contributed by atoms with E-state index < -0.39 is 6.10 Å². The molecule has 1 atom stereocenters. The van der Waals surface area contributed by atoms with Gasteiger partial charge in [0, 0.05) is 32.7 Å². The molecule has 0 spiro atoms. The van der Waals surface area contributed by atoms with Crippen LogP contribution in [-0.4, -0.2) is 66.9 Å². The minimum Gasteiger partial charge on any atom is -1.00 e. The predicted octanol–water partition coefficient (Wildman–Crippen LogP) is -3.63. The molecule has 1 aromatic rings. The summed E-state index contributed by atoms with van der Waals surface area (Å²) in [5.74, 6) is 0.827. The molecule has 0 radical (unpaired) electrons. The molecule has 0 aliphatic carbocycles. The minimum absolute atomic E-state index is 0. The number of halogens is 2. The highest BCUT2D eigenvalue weighted by molar-refractivity contribution is 5.31. The van der Waals surface area contributed by atoms with Gasteiger partial charge in [-0.2, -0.15) is 0 Å². The Morgan fingerprint density at radius 3 is 2.00 bits per heavy atom. The van der Waals surface area contributed by atoms with E-state index in [9.17, 15) is 5.11 Å². The van der Waals surface area contributed by atoms with Crippen molar-refractivity contribution in [3.05, 3.63) is 29.8 Å². The Morgan fingerprint density at radius 2 is 1.52 bits per heavy atom. The second kappa shape index (κ2) is 11.2. The van der Waals surface area contributed by atoms with E-state index in [4.69, 9.17) is 4.74 Å². The Kier molecular flexibility index (Phi) is 11.0. The molecule has 1 N–H and O–H groups in total. The highest BCUT2D eigenvalue weighted by atomic mass is 35.5. The van der Waals surface area contributed by atoms with Gasteiger partial charge in [-0.05, 0) is 29.7 Å². The van der Waals surface area contributed by atoms with Crippen LogP contribution in [-0.2, 0) is 5.41 Å². The Bertz CT molecular complexity index is 469. The average Bonchev–Trinajstić information content (AvgIpc) is 2.53. The van der Waals surface area contributed by atoms with Gasteiger partial charge in [-0.25, -0.2) is 0 Å². The highest BCUT2D eigenvalue weighted by Crippen LogP contribution is 2.24. The van der Waals surface area contributed by atoms with E-state index in [1.807, 2.05) is 12.1 Å². The Balaban J connectivity index is 0.00000288. The molecule has 25 heavy (non-hydrogen) atoms. The molecule has 1 fully saturated rings. The Hall–Kier alpha value is -0.520. The molecule has 0 amide bonds. The van der Waals surface area contributed by atoms with Crippen molar-refractivity contribution in [3.8, 4) is 5.75 Å². The molecule has 1 saturated heterocycles. The lowest BCUT2D eigenvalue weighted by molar-refractivity contribution is -0.00100. The maximum Gasteiger partial charge on any atom is 0.119 e. The van der Waals surface area contributed by atoms with Crippen molar-refractivity contribution in [2.45, 2.75) is 39.2 Å². The van der Waals surface area contributed by atoms with Gasteiger partial charge in [-0.3, -0.25) is 4.90 Å². The van der Waals surface area contributed by atoms with Crippen LogP contribution in [0.25, 0.3) is 0 Å². The molecule has 1 aliphatic rings. The van der Waals surface area contributed by atoms with Gasteiger partial charge in [0.2, 0.25) is 0 Å². The quantitative estimate of drug-likeness (QED) is 0.543. The van der Waals surface area contributed by atoms with Gasteiger partial charge in [-0.1, -0.05) is 39.8 Å². The minimum atomic E-state index is -0.439. The van der Waals surface area contributed by atoms with Crippen molar-refractivity contribution < 1.29 is 34.7 Å². The summed E-state index contributed by atoms with van der Waals surface area (Å²) in [4.78, 5) is 4.76. The molecule has 1 aliphatic heterocycles. The normalized spacial score (nSPS) is 17.3. The van der Waals surface area contributed by atoms with Crippen LogP contribution >= 0.6 is 0 Å². The van der Waals surface area contributed by atoms with Gasteiger partial charge in [0.1, 0.15) is 18.5 Å². The molecule has 0 bridgehead atoms. The molecule has 146 valence electrons. The van der Waals surface area contributed by atoms with Gasteiger partial charge in [-0.15, -0.1) is 0 Å². The Morgan fingerprint density at radius 1 is 1.00 bits per heavy atom. The van der Waals surface area contributed by atoms with Crippen molar-refractivity contribution in [2.24, 2.45) is 0 Å². The lowest BCUT2D eigenvalue weighted by Gasteiger charge is -2.34. The Labute approximate surface area is 165 Å². The number of hydrogen-bond donors (Lipinski definition) is 1. The van der Waals surface area contributed by atoms with Crippen molar-refractivity contribution in [2.75, 3.05) is 45.9 Å². The first-order valence-corrected chi connectivity index (χ1v) is 8.74. The molecule has 0 aromatic heterocycles. The first-order valence-electron chi connectivity index (χ1n) is 8.74. The molecule has 1 unspecified atom stereocenters. The summed E-state index contributed by atoms with van der Waals surface area (Å²) in [6, 6.07) is 8.19. The van der Waals surface area contributed by atoms with Gasteiger partial charge in [0.25, 0.3) is 0 Å². The van der Waals surface area contributed by atoms with E-state index in [1.165, 1.54) is 5.56 Å². The summed E-state index contributed by atoms with van der Waals surface area (Å²) in [6.07, 6.45) is -0.439. The van der Waals surface area contributed by atoms with E-state index >= 15 is 0 Å². The van der Waals surface area contributed by atoms with Crippen LogP contribution in [0.3, 0.4) is 0 Å². The number of benzene rings is 1. The highest BCUT2D eigenvalue weighted by Gasteiger charge is 2.18. The van der Waals surface area contributed by atoms with Crippen LogP contribution < -0.4 is 29.6 Å². The summed E-state index contributed by atoms with van der Waals surface area (Å²) >= 11 is 0. The third-order valence-electron chi connectivity index (χ3n) is 4.54. The molecular weight excluding hydrogens is 359 g/mol. The standard InChI is InChI=1S/C19H32N2O2.2ClH/c1-5-20-10-12-21(13-11-20)14-17(22)15-23-18-8-6-16(7-9-18)19(2,3)4;;/h6-9,17,22H,5,10-15H2,1-4H3;2*1H/p-2. The summed E-state index contributed by atoms with van der Waals surface area (Å²) in [5, 5.41) is 10.2. The average molecular weight is 391 g/mol. The predicted molar refractivity (Wildman–Crippen MR) is 95.2 cm³/mol. The van der Waals surface area contributed by atoms with Crippen LogP contribution in [0, 0.1) is 0 Å². The second-order valence-electron chi connectivity index (χ2n) is 7.47. The number of ether oxygens (including phenoxy) is 1. The summed E-state index contributed by atoms with van der Waals surface area (Å²) in [7, 11) is 0. The molecule has 6 heteroatoms. The van der Waals surface area contributed by atoms with Crippen LogP contribution in [0.1, 0.15) is 33.3 Å². The topological polar surface area (TPSA) is 35.9 Å². The molecule has 1 aromatic carbocycles. The number of aliphatic hydroxyl groups is 1. The van der Waals surface area contributed by atoms with Crippen LogP contribution in [0.4, 0.5) is 0 Å². The van der Waals surface area contributed by atoms with Gasteiger partial charge in [0.05, 0.1) is 0 Å². The number of aliphatic hydroxyl groups excluding tert-OH is 1. The van der Waals surface area contributed by atoms with Crippen LogP contribution in [0.2, 0.25) is 0 Å². The van der Waals surface area contributed by atoms with Gasteiger partial charge < -0.3 is 39.6 Å². The van der Waals surface area contributed by atoms with Crippen LogP contribution in [0.5, 0.6) is 5.75 Å². The fraction of sp³-hybridized carbons (Fsp3) is 0.684. The fourth-order valence-corrected chi connectivity index (χ4v) is 2.88. The van der Waals surface area contributed by atoms with Crippen molar-refractivity contribution in [3.63, 3.8) is 0 Å². The second-order valence-corrected chi connectivity index (χ2v) is 7.47. The van der Waals surface area contributed by atoms with E-state index in [1.54, 1.807) is 0 Å². The first kappa shape index (κ1) is 24.5. The molecular formula is C19H32Cl2N2O2-2. The zero-order chi connectivity index (χ0) is 16.9. The summed E-state index contributed by atoms with van der Waals surface area (Å²) in [6.45, 7) is 15.2.